The monoisotopic (exact) mass is 225 g/mol. The largest absolute Gasteiger partial charge is 0.316 e. The number of hydrogen-bond donors (Lipinski definition) is 1. The third kappa shape index (κ3) is 3.48. The van der Waals surface area contributed by atoms with Crippen molar-refractivity contribution in [2.75, 3.05) is 13.1 Å². The van der Waals surface area contributed by atoms with Gasteiger partial charge < -0.3 is 5.32 Å². The van der Waals surface area contributed by atoms with E-state index in [0.717, 1.165) is 23.7 Å². The van der Waals surface area contributed by atoms with E-state index in [4.69, 9.17) is 0 Å². The second-order valence-corrected chi connectivity index (χ2v) is 5.67. The molecule has 0 saturated carbocycles. The molecule has 1 heterocycles. The maximum atomic E-state index is 3.55. The lowest BCUT2D eigenvalue weighted by molar-refractivity contribution is 0.146. The standard InChI is InChI=1S/C15H31N/c1-5-8-13(7-3)15(12(4)6-2)14-9-10-16-11-14/h12-16H,5-11H2,1-4H3/t12-,13?,14-,15+/m1/s1. The average Bonchev–Trinajstić information content (AvgIpc) is 2.81. The van der Waals surface area contributed by atoms with E-state index in [1.807, 2.05) is 0 Å². The minimum atomic E-state index is 0.904. The normalized spacial score (nSPS) is 26.6. The molecule has 1 unspecified atom stereocenters. The van der Waals surface area contributed by atoms with E-state index in [1.54, 1.807) is 0 Å². The molecule has 0 aromatic rings. The Morgan fingerprint density at radius 1 is 1.19 bits per heavy atom. The van der Waals surface area contributed by atoms with E-state index >= 15 is 0 Å². The Kier molecular flexibility index (Phi) is 6.41. The highest BCUT2D eigenvalue weighted by Crippen LogP contribution is 2.37. The van der Waals surface area contributed by atoms with Gasteiger partial charge in [0, 0.05) is 0 Å². The van der Waals surface area contributed by atoms with E-state index in [9.17, 15) is 0 Å². The smallest absolute Gasteiger partial charge is 0.00172 e. The lowest BCUT2D eigenvalue weighted by Gasteiger charge is -2.35. The van der Waals surface area contributed by atoms with E-state index < -0.39 is 0 Å². The van der Waals surface area contributed by atoms with Crippen LogP contribution >= 0.6 is 0 Å². The first kappa shape index (κ1) is 14.0. The van der Waals surface area contributed by atoms with Crippen molar-refractivity contribution in [3.05, 3.63) is 0 Å². The van der Waals surface area contributed by atoms with Crippen LogP contribution in [0, 0.1) is 23.7 Å². The van der Waals surface area contributed by atoms with E-state index in [-0.39, 0.29) is 0 Å². The SMILES string of the molecule is CCCC(CC)[C@@H]([C@@H]1CCNC1)[C@H](C)CC. The molecule has 0 radical (unpaired) electrons. The van der Waals surface area contributed by atoms with Gasteiger partial charge in [-0.3, -0.25) is 0 Å². The van der Waals surface area contributed by atoms with Crippen molar-refractivity contribution in [2.45, 2.75) is 59.8 Å². The Hall–Kier alpha value is -0.0400. The summed E-state index contributed by atoms with van der Waals surface area (Å²) < 4.78 is 0. The van der Waals surface area contributed by atoms with Crippen LogP contribution in [-0.2, 0) is 0 Å². The molecule has 0 aromatic carbocycles. The fraction of sp³-hybridized carbons (Fsp3) is 1.00. The molecular formula is C15H31N. The average molecular weight is 225 g/mol. The molecule has 0 aliphatic carbocycles. The van der Waals surface area contributed by atoms with Gasteiger partial charge in [-0.25, -0.2) is 0 Å². The highest BCUT2D eigenvalue weighted by Gasteiger charge is 2.33. The molecule has 1 aliphatic heterocycles. The van der Waals surface area contributed by atoms with Gasteiger partial charge in [0.15, 0.2) is 0 Å². The van der Waals surface area contributed by atoms with Crippen LogP contribution in [0.4, 0.5) is 0 Å². The van der Waals surface area contributed by atoms with Gasteiger partial charge in [0.05, 0.1) is 0 Å². The topological polar surface area (TPSA) is 12.0 Å². The van der Waals surface area contributed by atoms with Crippen molar-refractivity contribution in [3.8, 4) is 0 Å². The number of rotatable bonds is 7. The number of hydrogen-bond acceptors (Lipinski definition) is 1. The summed E-state index contributed by atoms with van der Waals surface area (Å²) in [5, 5.41) is 3.55. The van der Waals surface area contributed by atoms with Gasteiger partial charge in [0.2, 0.25) is 0 Å². The molecule has 0 bridgehead atoms. The fourth-order valence-electron chi connectivity index (χ4n) is 3.63. The summed E-state index contributed by atoms with van der Waals surface area (Å²) in [4.78, 5) is 0. The molecule has 4 atom stereocenters. The molecule has 1 rings (SSSR count). The molecule has 16 heavy (non-hydrogen) atoms. The molecule has 1 fully saturated rings. The van der Waals surface area contributed by atoms with Crippen LogP contribution in [0.15, 0.2) is 0 Å². The highest BCUT2D eigenvalue weighted by molar-refractivity contribution is 4.85. The Morgan fingerprint density at radius 3 is 2.38 bits per heavy atom. The quantitative estimate of drug-likeness (QED) is 0.688. The van der Waals surface area contributed by atoms with Crippen molar-refractivity contribution in [1.29, 1.82) is 0 Å². The molecule has 96 valence electrons. The van der Waals surface area contributed by atoms with Crippen LogP contribution in [0.25, 0.3) is 0 Å². The van der Waals surface area contributed by atoms with E-state index in [1.165, 1.54) is 45.2 Å². The van der Waals surface area contributed by atoms with Crippen LogP contribution < -0.4 is 5.32 Å². The van der Waals surface area contributed by atoms with Gasteiger partial charge in [-0.15, -0.1) is 0 Å². The summed E-state index contributed by atoms with van der Waals surface area (Å²) >= 11 is 0. The Balaban J connectivity index is 2.67. The first-order valence-electron chi connectivity index (χ1n) is 7.45. The van der Waals surface area contributed by atoms with Gasteiger partial charge in [-0.05, 0) is 43.2 Å². The third-order valence-electron chi connectivity index (χ3n) is 4.67. The fourth-order valence-corrected chi connectivity index (χ4v) is 3.63. The first-order valence-corrected chi connectivity index (χ1v) is 7.45. The van der Waals surface area contributed by atoms with Crippen LogP contribution in [0.5, 0.6) is 0 Å². The predicted molar refractivity (Wildman–Crippen MR) is 72.6 cm³/mol. The molecule has 1 N–H and O–H groups in total. The van der Waals surface area contributed by atoms with Gasteiger partial charge in [-0.2, -0.15) is 0 Å². The van der Waals surface area contributed by atoms with Crippen molar-refractivity contribution in [1.82, 2.24) is 5.32 Å². The Bertz CT molecular complexity index is 172. The second-order valence-electron chi connectivity index (χ2n) is 5.67. The molecule has 1 saturated heterocycles. The third-order valence-corrected chi connectivity index (χ3v) is 4.67. The highest BCUT2D eigenvalue weighted by atomic mass is 14.9. The lowest BCUT2D eigenvalue weighted by Crippen LogP contribution is -2.30. The second kappa shape index (κ2) is 7.32. The summed E-state index contributed by atoms with van der Waals surface area (Å²) in [5.41, 5.74) is 0. The van der Waals surface area contributed by atoms with Gasteiger partial charge in [0.1, 0.15) is 0 Å². The summed E-state index contributed by atoms with van der Waals surface area (Å²) in [6.07, 6.45) is 6.92. The Morgan fingerprint density at radius 2 is 1.94 bits per heavy atom. The van der Waals surface area contributed by atoms with Crippen molar-refractivity contribution in [2.24, 2.45) is 23.7 Å². The molecule has 1 heteroatoms. The minimum absolute atomic E-state index is 0.904. The van der Waals surface area contributed by atoms with Gasteiger partial charge in [-0.1, -0.05) is 53.4 Å². The molecule has 0 spiro atoms. The number of nitrogens with one attached hydrogen (secondary N) is 1. The van der Waals surface area contributed by atoms with Gasteiger partial charge in [0.25, 0.3) is 0 Å². The van der Waals surface area contributed by atoms with Crippen molar-refractivity contribution < 1.29 is 0 Å². The zero-order valence-corrected chi connectivity index (χ0v) is 11.8. The molecule has 0 amide bonds. The van der Waals surface area contributed by atoms with Crippen LogP contribution in [0.1, 0.15) is 59.8 Å². The molecule has 1 nitrogen and oxygen atoms in total. The van der Waals surface area contributed by atoms with Crippen LogP contribution in [0.3, 0.4) is 0 Å². The van der Waals surface area contributed by atoms with Gasteiger partial charge >= 0.3 is 0 Å². The summed E-state index contributed by atoms with van der Waals surface area (Å²) in [6.45, 7) is 12.1. The summed E-state index contributed by atoms with van der Waals surface area (Å²) in [6, 6.07) is 0. The Labute approximate surface area is 102 Å². The van der Waals surface area contributed by atoms with Crippen LogP contribution in [-0.4, -0.2) is 13.1 Å². The van der Waals surface area contributed by atoms with Crippen molar-refractivity contribution >= 4 is 0 Å². The molecular weight excluding hydrogens is 194 g/mol. The maximum Gasteiger partial charge on any atom is -0.00172 e. The first-order chi connectivity index (χ1) is 7.74. The van der Waals surface area contributed by atoms with E-state index in [2.05, 4.69) is 33.0 Å². The summed E-state index contributed by atoms with van der Waals surface area (Å²) in [5.74, 6) is 3.78. The van der Waals surface area contributed by atoms with Crippen molar-refractivity contribution in [3.63, 3.8) is 0 Å². The van der Waals surface area contributed by atoms with E-state index in [0.29, 0.717) is 0 Å². The van der Waals surface area contributed by atoms with Crippen LogP contribution in [0.2, 0.25) is 0 Å². The minimum Gasteiger partial charge on any atom is -0.316 e. The maximum absolute atomic E-state index is 3.55. The zero-order chi connectivity index (χ0) is 12.0. The lowest BCUT2D eigenvalue weighted by atomic mass is 9.70. The summed E-state index contributed by atoms with van der Waals surface area (Å²) in [7, 11) is 0. The molecule has 0 aromatic heterocycles. The zero-order valence-electron chi connectivity index (χ0n) is 11.8. The predicted octanol–water partition coefficient (Wildman–Crippen LogP) is 4.08. The molecule has 1 aliphatic rings.